The van der Waals surface area contributed by atoms with Crippen molar-refractivity contribution in [3.8, 4) is 0 Å². The quantitative estimate of drug-likeness (QED) is 0.871. The summed E-state index contributed by atoms with van der Waals surface area (Å²) < 4.78 is 0. The lowest BCUT2D eigenvalue weighted by molar-refractivity contribution is 0.0848. The van der Waals surface area contributed by atoms with Gasteiger partial charge in [-0.1, -0.05) is 30.3 Å². The van der Waals surface area contributed by atoms with Crippen molar-refractivity contribution in [1.29, 1.82) is 0 Å². The third-order valence-electron chi connectivity index (χ3n) is 5.55. The summed E-state index contributed by atoms with van der Waals surface area (Å²) in [6, 6.07) is 10.4. The summed E-state index contributed by atoms with van der Waals surface area (Å²) in [7, 11) is 0. The van der Waals surface area contributed by atoms with Gasteiger partial charge in [-0.3, -0.25) is 4.79 Å². The summed E-state index contributed by atoms with van der Waals surface area (Å²) >= 11 is 0. The lowest BCUT2D eigenvalue weighted by atomic mass is 9.87. The SMILES string of the molecule is CCNC(=O)N1CCCC(C(=O)c2ccc3c4c(cccc24)CC3)C1. The second kappa shape index (κ2) is 6.51. The summed E-state index contributed by atoms with van der Waals surface area (Å²) in [5, 5.41) is 5.22. The van der Waals surface area contributed by atoms with Gasteiger partial charge in [-0.05, 0) is 54.5 Å². The van der Waals surface area contributed by atoms with Crippen LogP contribution < -0.4 is 5.32 Å². The number of carbonyl (C=O) groups excluding carboxylic acids is 2. The Balaban J connectivity index is 1.63. The van der Waals surface area contributed by atoms with Crippen LogP contribution in [0.5, 0.6) is 0 Å². The van der Waals surface area contributed by atoms with Crippen molar-refractivity contribution < 1.29 is 9.59 Å². The van der Waals surface area contributed by atoms with Crippen LogP contribution in [0.15, 0.2) is 30.3 Å². The van der Waals surface area contributed by atoms with Crippen LogP contribution in [0.4, 0.5) is 4.79 Å². The molecule has 1 aliphatic heterocycles. The predicted molar refractivity (Wildman–Crippen MR) is 99.1 cm³/mol. The third-order valence-corrected chi connectivity index (χ3v) is 5.55. The molecule has 2 aliphatic rings. The van der Waals surface area contributed by atoms with E-state index in [0.29, 0.717) is 13.1 Å². The molecule has 0 aromatic heterocycles. The molecule has 2 aromatic carbocycles. The van der Waals surface area contributed by atoms with Gasteiger partial charge in [0, 0.05) is 31.1 Å². The molecule has 1 atom stereocenters. The molecule has 1 heterocycles. The molecule has 1 saturated heterocycles. The summed E-state index contributed by atoms with van der Waals surface area (Å²) in [5.74, 6) is 0.0828. The Labute approximate surface area is 148 Å². The van der Waals surface area contributed by atoms with E-state index in [1.807, 2.05) is 13.0 Å². The maximum Gasteiger partial charge on any atom is 0.317 e. The molecular formula is C21H24N2O2. The molecule has 0 radical (unpaired) electrons. The van der Waals surface area contributed by atoms with E-state index >= 15 is 0 Å². The molecule has 0 bridgehead atoms. The van der Waals surface area contributed by atoms with Crippen LogP contribution in [-0.2, 0) is 12.8 Å². The zero-order valence-corrected chi connectivity index (χ0v) is 14.7. The summed E-state index contributed by atoms with van der Waals surface area (Å²) in [5.41, 5.74) is 3.54. The number of hydrogen-bond acceptors (Lipinski definition) is 2. The maximum atomic E-state index is 13.2. The summed E-state index contributed by atoms with van der Waals surface area (Å²) in [6.07, 6.45) is 3.88. The van der Waals surface area contributed by atoms with Gasteiger partial charge in [-0.15, -0.1) is 0 Å². The molecule has 2 aromatic rings. The van der Waals surface area contributed by atoms with Crippen LogP contribution in [0.1, 0.15) is 41.3 Å². The van der Waals surface area contributed by atoms with E-state index in [-0.39, 0.29) is 17.7 Å². The second-order valence-electron chi connectivity index (χ2n) is 7.10. The first-order valence-corrected chi connectivity index (χ1v) is 9.29. The zero-order valence-electron chi connectivity index (χ0n) is 14.7. The number of hydrogen-bond donors (Lipinski definition) is 1. The number of benzene rings is 2. The first-order chi connectivity index (χ1) is 12.2. The first kappa shape index (κ1) is 16.1. The molecule has 4 heteroatoms. The predicted octanol–water partition coefficient (Wildman–Crippen LogP) is 3.56. The van der Waals surface area contributed by atoms with Gasteiger partial charge in [0.25, 0.3) is 0 Å². The second-order valence-corrected chi connectivity index (χ2v) is 7.10. The van der Waals surface area contributed by atoms with Crippen molar-refractivity contribution >= 4 is 22.6 Å². The molecule has 1 fully saturated rings. The Morgan fingerprint density at radius 1 is 1.16 bits per heavy atom. The van der Waals surface area contributed by atoms with Gasteiger partial charge < -0.3 is 10.2 Å². The van der Waals surface area contributed by atoms with Gasteiger partial charge in [-0.2, -0.15) is 0 Å². The molecule has 2 amide bonds. The number of nitrogens with zero attached hydrogens (tertiary/aromatic N) is 1. The number of rotatable bonds is 3. The number of ketones is 1. The number of urea groups is 1. The minimum absolute atomic E-state index is 0.0552. The Kier molecular flexibility index (Phi) is 4.20. The minimum Gasteiger partial charge on any atom is -0.338 e. The van der Waals surface area contributed by atoms with Gasteiger partial charge >= 0.3 is 6.03 Å². The number of likely N-dealkylation sites (tertiary alicyclic amines) is 1. The lowest BCUT2D eigenvalue weighted by Gasteiger charge is -2.32. The van der Waals surface area contributed by atoms with Crippen molar-refractivity contribution in [1.82, 2.24) is 10.2 Å². The Bertz CT molecular complexity index is 833. The molecule has 130 valence electrons. The number of aryl methyl sites for hydroxylation is 2. The van der Waals surface area contributed by atoms with E-state index in [4.69, 9.17) is 0 Å². The van der Waals surface area contributed by atoms with Crippen LogP contribution in [0, 0.1) is 5.92 Å². The number of amides is 2. The van der Waals surface area contributed by atoms with Crippen molar-refractivity contribution in [2.24, 2.45) is 5.92 Å². The molecule has 0 saturated carbocycles. The van der Waals surface area contributed by atoms with Crippen LogP contribution >= 0.6 is 0 Å². The standard InChI is InChI=1S/C21H24N2O2/c1-2-22-21(25)23-12-4-6-16(13-23)20(24)18-11-10-15-9-8-14-5-3-7-17(18)19(14)15/h3,5,7,10-11,16H,2,4,6,8-9,12-13H2,1H3,(H,22,25). The van der Waals surface area contributed by atoms with Crippen LogP contribution in [-0.4, -0.2) is 36.3 Å². The highest BCUT2D eigenvalue weighted by Gasteiger charge is 2.30. The normalized spacial score (nSPS) is 19.2. The Hall–Kier alpha value is -2.36. The van der Waals surface area contributed by atoms with Gasteiger partial charge in [0.05, 0.1) is 0 Å². The van der Waals surface area contributed by atoms with E-state index in [1.54, 1.807) is 4.90 Å². The zero-order chi connectivity index (χ0) is 17.4. The maximum absolute atomic E-state index is 13.2. The van der Waals surface area contributed by atoms with Crippen LogP contribution in [0.25, 0.3) is 10.8 Å². The summed E-state index contributed by atoms with van der Waals surface area (Å²) in [4.78, 5) is 27.1. The highest BCUT2D eigenvalue weighted by molar-refractivity contribution is 6.11. The number of nitrogens with one attached hydrogen (secondary N) is 1. The van der Waals surface area contributed by atoms with Crippen LogP contribution in [0.2, 0.25) is 0 Å². The van der Waals surface area contributed by atoms with E-state index in [0.717, 1.165) is 43.2 Å². The lowest BCUT2D eigenvalue weighted by Crippen LogP contribution is -2.47. The highest BCUT2D eigenvalue weighted by Crippen LogP contribution is 2.34. The molecule has 0 spiro atoms. The average Bonchev–Trinajstić information content (AvgIpc) is 3.07. The van der Waals surface area contributed by atoms with E-state index in [2.05, 4.69) is 29.6 Å². The molecule has 1 N–H and O–H groups in total. The van der Waals surface area contributed by atoms with Crippen molar-refractivity contribution in [2.45, 2.75) is 32.6 Å². The number of Topliss-reactive ketones (excluding diaryl/α,β-unsaturated/α-hetero) is 1. The van der Waals surface area contributed by atoms with Gasteiger partial charge in [-0.25, -0.2) is 4.79 Å². The van der Waals surface area contributed by atoms with Crippen molar-refractivity contribution in [3.63, 3.8) is 0 Å². The average molecular weight is 336 g/mol. The van der Waals surface area contributed by atoms with Gasteiger partial charge in [0.2, 0.25) is 0 Å². The Morgan fingerprint density at radius 3 is 2.76 bits per heavy atom. The summed E-state index contributed by atoms with van der Waals surface area (Å²) in [6.45, 7) is 3.78. The van der Waals surface area contributed by atoms with Gasteiger partial charge in [0.15, 0.2) is 5.78 Å². The molecule has 4 nitrogen and oxygen atoms in total. The minimum atomic E-state index is -0.102. The molecule has 4 rings (SSSR count). The highest BCUT2D eigenvalue weighted by atomic mass is 16.2. The topological polar surface area (TPSA) is 49.4 Å². The van der Waals surface area contributed by atoms with Crippen molar-refractivity contribution in [3.05, 3.63) is 47.0 Å². The Morgan fingerprint density at radius 2 is 1.96 bits per heavy atom. The first-order valence-electron chi connectivity index (χ1n) is 9.29. The smallest absolute Gasteiger partial charge is 0.317 e. The molecule has 25 heavy (non-hydrogen) atoms. The van der Waals surface area contributed by atoms with E-state index in [1.165, 1.54) is 16.5 Å². The fraction of sp³-hybridized carbons (Fsp3) is 0.429. The fourth-order valence-corrected chi connectivity index (χ4v) is 4.32. The largest absolute Gasteiger partial charge is 0.338 e. The molecule has 1 unspecified atom stereocenters. The monoisotopic (exact) mass is 336 g/mol. The van der Waals surface area contributed by atoms with E-state index in [9.17, 15) is 9.59 Å². The number of piperidine rings is 1. The molecule has 1 aliphatic carbocycles. The molecular weight excluding hydrogens is 312 g/mol. The van der Waals surface area contributed by atoms with Gasteiger partial charge in [0.1, 0.15) is 0 Å². The fourth-order valence-electron chi connectivity index (χ4n) is 4.32. The number of carbonyl (C=O) groups is 2. The van der Waals surface area contributed by atoms with Crippen LogP contribution in [0.3, 0.4) is 0 Å². The van der Waals surface area contributed by atoms with Crippen molar-refractivity contribution in [2.75, 3.05) is 19.6 Å². The van der Waals surface area contributed by atoms with E-state index < -0.39 is 0 Å². The third kappa shape index (κ3) is 2.80.